The van der Waals surface area contributed by atoms with Gasteiger partial charge in [-0.25, -0.2) is 0 Å². The van der Waals surface area contributed by atoms with E-state index in [1.54, 1.807) is 36.7 Å². The van der Waals surface area contributed by atoms with Crippen molar-refractivity contribution in [3.05, 3.63) is 59.4 Å². The number of rotatable bonds is 2. The fraction of sp³-hybridized carbons (Fsp3) is 0.125. The minimum absolute atomic E-state index is 0.203. The first-order valence-electron chi connectivity index (χ1n) is 6.12. The summed E-state index contributed by atoms with van der Waals surface area (Å²) in [7, 11) is 0. The van der Waals surface area contributed by atoms with E-state index in [9.17, 15) is 4.79 Å². The number of benzene rings is 1. The summed E-state index contributed by atoms with van der Waals surface area (Å²) in [4.78, 5) is 16.1. The summed E-state index contributed by atoms with van der Waals surface area (Å²) in [5, 5.41) is 11.5. The minimum atomic E-state index is -0.218. The fourth-order valence-corrected chi connectivity index (χ4v) is 1.67. The molecule has 1 heterocycles. The van der Waals surface area contributed by atoms with Crippen LogP contribution in [0.5, 0.6) is 0 Å². The van der Waals surface area contributed by atoms with Gasteiger partial charge < -0.3 is 10.4 Å². The van der Waals surface area contributed by atoms with Crippen LogP contribution in [-0.2, 0) is 0 Å². The van der Waals surface area contributed by atoms with E-state index < -0.39 is 0 Å². The Bertz CT molecular complexity index is 670. The van der Waals surface area contributed by atoms with Crippen LogP contribution in [0.25, 0.3) is 0 Å². The highest BCUT2D eigenvalue weighted by molar-refractivity contribution is 6.04. The molecule has 20 heavy (non-hydrogen) atoms. The number of aryl methyl sites for hydroxylation is 1. The predicted molar refractivity (Wildman–Crippen MR) is 77.3 cm³/mol. The van der Waals surface area contributed by atoms with Gasteiger partial charge in [0.05, 0.1) is 11.9 Å². The smallest absolute Gasteiger partial charge is 0.255 e. The Morgan fingerprint density at radius 2 is 2.25 bits per heavy atom. The topological polar surface area (TPSA) is 62.2 Å². The number of carbonyl (C=O) groups is 1. The molecule has 0 saturated heterocycles. The highest BCUT2D eigenvalue weighted by atomic mass is 16.2. The lowest BCUT2D eigenvalue weighted by Gasteiger charge is -2.06. The quantitative estimate of drug-likeness (QED) is 0.817. The SMILES string of the molecule is Cc1ccc(C(=O)Nc2cccnc2)cc1C#CCO. The van der Waals surface area contributed by atoms with Gasteiger partial charge in [-0.2, -0.15) is 0 Å². The highest BCUT2D eigenvalue weighted by Crippen LogP contribution is 2.12. The Hall–Kier alpha value is -2.64. The van der Waals surface area contributed by atoms with E-state index in [2.05, 4.69) is 22.1 Å². The lowest BCUT2D eigenvalue weighted by atomic mass is 10.0. The average Bonchev–Trinajstić information content (AvgIpc) is 2.47. The summed E-state index contributed by atoms with van der Waals surface area (Å²) in [5.74, 6) is 5.20. The van der Waals surface area contributed by atoms with E-state index >= 15 is 0 Å². The maximum atomic E-state index is 12.1. The number of nitrogens with one attached hydrogen (secondary N) is 1. The number of pyridine rings is 1. The van der Waals surface area contributed by atoms with Crippen LogP contribution >= 0.6 is 0 Å². The van der Waals surface area contributed by atoms with Crippen LogP contribution in [0.1, 0.15) is 21.5 Å². The van der Waals surface area contributed by atoms with Gasteiger partial charge in [0.25, 0.3) is 5.91 Å². The van der Waals surface area contributed by atoms with Gasteiger partial charge in [0.15, 0.2) is 0 Å². The summed E-state index contributed by atoms with van der Waals surface area (Å²) in [6, 6.07) is 8.81. The van der Waals surface area contributed by atoms with E-state index in [-0.39, 0.29) is 12.5 Å². The summed E-state index contributed by atoms with van der Waals surface area (Å²) < 4.78 is 0. The maximum absolute atomic E-state index is 12.1. The molecule has 1 amide bonds. The highest BCUT2D eigenvalue weighted by Gasteiger charge is 2.07. The van der Waals surface area contributed by atoms with Crippen LogP contribution in [0.15, 0.2) is 42.7 Å². The third kappa shape index (κ3) is 3.44. The number of hydrogen-bond donors (Lipinski definition) is 2. The van der Waals surface area contributed by atoms with Crippen molar-refractivity contribution in [2.24, 2.45) is 0 Å². The van der Waals surface area contributed by atoms with Crippen LogP contribution in [-0.4, -0.2) is 22.6 Å². The van der Waals surface area contributed by atoms with Gasteiger partial charge in [0.1, 0.15) is 6.61 Å². The maximum Gasteiger partial charge on any atom is 0.255 e. The summed E-state index contributed by atoms with van der Waals surface area (Å²) in [5.41, 5.74) is 2.85. The molecule has 4 nitrogen and oxygen atoms in total. The Kier molecular flexibility index (Phi) is 4.48. The number of aliphatic hydroxyl groups is 1. The van der Waals surface area contributed by atoms with E-state index in [1.807, 2.05) is 13.0 Å². The van der Waals surface area contributed by atoms with Crippen molar-refractivity contribution in [3.63, 3.8) is 0 Å². The molecule has 0 aliphatic carbocycles. The van der Waals surface area contributed by atoms with Crippen LogP contribution in [0.4, 0.5) is 5.69 Å². The van der Waals surface area contributed by atoms with Crippen molar-refractivity contribution in [2.75, 3.05) is 11.9 Å². The Morgan fingerprint density at radius 1 is 1.40 bits per heavy atom. The standard InChI is InChI=1S/C16H14N2O2/c1-12-6-7-14(10-13(12)4-3-9-19)16(20)18-15-5-2-8-17-11-15/h2,5-8,10-11,19H,9H2,1H3,(H,18,20). The lowest BCUT2D eigenvalue weighted by molar-refractivity contribution is 0.102. The number of nitrogens with zero attached hydrogens (tertiary/aromatic N) is 1. The number of hydrogen-bond acceptors (Lipinski definition) is 3. The van der Waals surface area contributed by atoms with Crippen molar-refractivity contribution in [3.8, 4) is 11.8 Å². The zero-order chi connectivity index (χ0) is 14.4. The third-order valence-corrected chi connectivity index (χ3v) is 2.72. The molecule has 2 rings (SSSR count). The zero-order valence-electron chi connectivity index (χ0n) is 11.1. The van der Waals surface area contributed by atoms with Gasteiger partial charge in [-0.15, -0.1) is 0 Å². The van der Waals surface area contributed by atoms with Gasteiger partial charge in [-0.3, -0.25) is 9.78 Å². The van der Waals surface area contributed by atoms with Gasteiger partial charge in [0.2, 0.25) is 0 Å². The zero-order valence-corrected chi connectivity index (χ0v) is 11.1. The molecule has 0 bridgehead atoms. The van der Waals surface area contributed by atoms with Crippen molar-refractivity contribution in [1.29, 1.82) is 0 Å². The largest absolute Gasteiger partial charge is 0.384 e. The molecule has 0 aliphatic rings. The van der Waals surface area contributed by atoms with E-state index in [4.69, 9.17) is 5.11 Å². The molecular weight excluding hydrogens is 252 g/mol. The molecule has 0 aliphatic heterocycles. The fourth-order valence-electron chi connectivity index (χ4n) is 1.67. The van der Waals surface area contributed by atoms with Crippen LogP contribution in [0.2, 0.25) is 0 Å². The van der Waals surface area contributed by atoms with E-state index in [1.165, 1.54) is 0 Å². The molecule has 1 aromatic carbocycles. The molecule has 0 atom stereocenters. The molecule has 0 unspecified atom stereocenters. The average molecular weight is 266 g/mol. The number of aliphatic hydroxyl groups excluding tert-OH is 1. The molecule has 0 saturated carbocycles. The number of amides is 1. The Labute approximate surface area is 117 Å². The number of aromatic nitrogens is 1. The van der Waals surface area contributed by atoms with Gasteiger partial charge in [-0.1, -0.05) is 17.9 Å². The molecule has 0 spiro atoms. The van der Waals surface area contributed by atoms with Crippen LogP contribution in [0.3, 0.4) is 0 Å². The van der Waals surface area contributed by atoms with Crippen molar-refractivity contribution < 1.29 is 9.90 Å². The molecule has 0 radical (unpaired) electrons. The molecule has 2 N–H and O–H groups in total. The second kappa shape index (κ2) is 6.50. The molecule has 1 aromatic heterocycles. The van der Waals surface area contributed by atoms with Crippen LogP contribution < -0.4 is 5.32 Å². The summed E-state index contributed by atoms with van der Waals surface area (Å²) in [6.45, 7) is 1.70. The third-order valence-electron chi connectivity index (χ3n) is 2.72. The molecule has 100 valence electrons. The monoisotopic (exact) mass is 266 g/mol. The normalized spacial score (nSPS) is 9.50. The molecule has 0 fully saturated rings. The summed E-state index contributed by atoms with van der Waals surface area (Å²) in [6.07, 6.45) is 3.22. The minimum Gasteiger partial charge on any atom is -0.384 e. The van der Waals surface area contributed by atoms with Crippen molar-refractivity contribution >= 4 is 11.6 Å². The molecule has 2 aromatic rings. The van der Waals surface area contributed by atoms with E-state index in [0.29, 0.717) is 11.3 Å². The van der Waals surface area contributed by atoms with Gasteiger partial charge in [0, 0.05) is 17.3 Å². The number of carbonyl (C=O) groups excluding carboxylic acids is 1. The molecule has 4 heteroatoms. The van der Waals surface area contributed by atoms with Gasteiger partial charge >= 0.3 is 0 Å². The predicted octanol–water partition coefficient (Wildman–Crippen LogP) is 1.99. The van der Waals surface area contributed by atoms with E-state index in [0.717, 1.165) is 11.1 Å². The number of anilines is 1. The first-order chi connectivity index (χ1) is 9.70. The van der Waals surface area contributed by atoms with Gasteiger partial charge in [-0.05, 0) is 36.8 Å². The Balaban J connectivity index is 2.22. The second-order valence-corrected chi connectivity index (χ2v) is 4.19. The lowest BCUT2D eigenvalue weighted by Crippen LogP contribution is -2.12. The van der Waals surface area contributed by atoms with Crippen LogP contribution in [0, 0.1) is 18.8 Å². The molecular formula is C16H14N2O2. The second-order valence-electron chi connectivity index (χ2n) is 4.19. The first-order valence-corrected chi connectivity index (χ1v) is 6.12. The Morgan fingerprint density at radius 3 is 2.95 bits per heavy atom. The van der Waals surface area contributed by atoms with Crippen molar-refractivity contribution in [2.45, 2.75) is 6.92 Å². The van der Waals surface area contributed by atoms with Crippen molar-refractivity contribution in [1.82, 2.24) is 4.98 Å². The summed E-state index contributed by atoms with van der Waals surface area (Å²) >= 11 is 0. The first kappa shape index (κ1) is 13.8.